The van der Waals surface area contributed by atoms with E-state index in [1.165, 1.54) is 0 Å². The predicted molar refractivity (Wildman–Crippen MR) is 94.5 cm³/mol. The molecule has 0 heterocycles. The Morgan fingerprint density at radius 2 is 1.82 bits per heavy atom. The van der Waals surface area contributed by atoms with E-state index >= 15 is 0 Å². The molecule has 0 saturated carbocycles. The Morgan fingerprint density at radius 3 is 2.43 bits per heavy atom. The molecule has 7 nitrogen and oxygen atoms in total. The average molecular weight is 398 g/mol. The summed E-state index contributed by atoms with van der Waals surface area (Å²) < 4.78 is 49.6. The first-order valence-corrected chi connectivity index (χ1v) is 8.22. The smallest absolute Gasteiger partial charge is 0.423 e. The van der Waals surface area contributed by atoms with Crippen molar-refractivity contribution in [2.24, 2.45) is 0 Å². The maximum absolute atomic E-state index is 13.0. The number of amides is 1. The second-order valence-corrected chi connectivity index (χ2v) is 5.65. The van der Waals surface area contributed by atoms with Crippen molar-refractivity contribution in [2.75, 3.05) is 18.5 Å². The van der Waals surface area contributed by atoms with Crippen molar-refractivity contribution in [3.63, 3.8) is 0 Å². The van der Waals surface area contributed by atoms with Gasteiger partial charge in [-0.05, 0) is 30.7 Å². The van der Waals surface area contributed by atoms with Crippen LogP contribution < -0.4 is 14.8 Å². The molecule has 2 aromatic rings. The van der Waals surface area contributed by atoms with Gasteiger partial charge in [0, 0.05) is 17.8 Å². The zero-order valence-electron chi connectivity index (χ0n) is 14.8. The molecule has 1 N–H and O–H groups in total. The minimum atomic E-state index is -4.93. The third-order valence-electron chi connectivity index (χ3n) is 3.43. The topological polar surface area (TPSA) is 90.7 Å². The molecule has 0 aliphatic rings. The van der Waals surface area contributed by atoms with Gasteiger partial charge in [0.05, 0.1) is 11.5 Å². The first-order chi connectivity index (χ1) is 13.2. The summed E-state index contributed by atoms with van der Waals surface area (Å²) in [6.07, 6.45) is -4.11. The lowest BCUT2D eigenvalue weighted by Crippen LogP contribution is -2.20. The molecule has 150 valence electrons. The van der Waals surface area contributed by atoms with Crippen LogP contribution in [-0.4, -0.2) is 24.0 Å². The molecule has 2 rings (SSSR count). The van der Waals surface area contributed by atoms with Gasteiger partial charge in [-0.3, -0.25) is 14.9 Å². The molecule has 0 radical (unpaired) electrons. The van der Waals surface area contributed by atoms with E-state index in [2.05, 4.69) is 5.32 Å². The number of hydrogen-bond acceptors (Lipinski definition) is 5. The Kier molecular flexibility index (Phi) is 6.80. The van der Waals surface area contributed by atoms with Crippen molar-refractivity contribution in [2.45, 2.75) is 19.5 Å². The standard InChI is InChI=1S/C18H17F3N2O5/c1-2-8-27-13-4-3-5-14(10-13)28-11-17(24)22-12-6-7-16(23(25)26)15(9-12)18(19,20)21/h3-7,9-10H,2,8,11H2,1H3,(H,22,24). The van der Waals surface area contributed by atoms with E-state index in [0.717, 1.165) is 12.5 Å². The van der Waals surface area contributed by atoms with Crippen molar-refractivity contribution >= 4 is 17.3 Å². The monoisotopic (exact) mass is 398 g/mol. The maximum atomic E-state index is 13.0. The fourth-order valence-electron chi connectivity index (χ4n) is 2.22. The van der Waals surface area contributed by atoms with Gasteiger partial charge in [0.15, 0.2) is 6.61 Å². The zero-order valence-corrected chi connectivity index (χ0v) is 14.8. The zero-order chi connectivity index (χ0) is 20.7. The first-order valence-electron chi connectivity index (χ1n) is 8.22. The van der Waals surface area contributed by atoms with Crippen molar-refractivity contribution < 1.29 is 32.4 Å². The molecule has 0 fully saturated rings. The molecule has 28 heavy (non-hydrogen) atoms. The number of hydrogen-bond donors (Lipinski definition) is 1. The fourth-order valence-corrected chi connectivity index (χ4v) is 2.22. The number of ether oxygens (including phenoxy) is 2. The molecule has 0 unspecified atom stereocenters. The summed E-state index contributed by atoms with van der Waals surface area (Å²) in [6.45, 7) is 2.01. The van der Waals surface area contributed by atoms with Crippen molar-refractivity contribution in [1.82, 2.24) is 0 Å². The van der Waals surface area contributed by atoms with Crippen molar-refractivity contribution in [3.05, 3.63) is 58.1 Å². The Hall–Kier alpha value is -3.30. The summed E-state index contributed by atoms with van der Waals surface area (Å²) in [6, 6.07) is 8.78. The lowest BCUT2D eigenvalue weighted by molar-refractivity contribution is -0.388. The number of rotatable bonds is 8. The Morgan fingerprint density at radius 1 is 1.14 bits per heavy atom. The minimum absolute atomic E-state index is 0.230. The van der Waals surface area contributed by atoms with Gasteiger partial charge in [0.2, 0.25) is 0 Å². The molecule has 0 aliphatic carbocycles. The van der Waals surface area contributed by atoms with Crippen molar-refractivity contribution in [3.8, 4) is 11.5 Å². The second kappa shape index (κ2) is 9.07. The van der Waals surface area contributed by atoms with Gasteiger partial charge in [-0.2, -0.15) is 13.2 Å². The molecule has 0 aromatic heterocycles. The number of nitrogens with one attached hydrogen (secondary N) is 1. The van der Waals surface area contributed by atoms with Crippen LogP contribution in [0.3, 0.4) is 0 Å². The van der Waals surface area contributed by atoms with E-state index in [4.69, 9.17) is 9.47 Å². The molecule has 0 saturated heterocycles. The van der Waals surface area contributed by atoms with E-state index in [1.54, 1.807) is 24.3 Å². The summed E-state index contributed by atoms with van der Waals surface area (Å²) in [7, 11) is 0. The van der Waals surface area contributed by atoms with E-state index in [1.807, 2.05) is 6.92 Å². The highest BCUT2D eigenvalue weighted by Gasteiger charge is 2.38. The van der Waals surface area contributed by atoms with Crippen molar-refractivity contribution in [1.29, 1.82) is 0 Å². The average Bonchev–Trinajstić information content (AvgIpc) is 2.64. The molecule has 1 amide bonds. The van der Waals surface area contributed by atoms with E-state index < -0.39 is 34.9 Å². The van der Waals surface area contributed by atoms with Crippen LogP contribution in [0.2, 0.25) is 0 Å². The normalized spacial score (nSPS) is 11.0. The van der Waals surface area contributed by atoms with Gasteiger partial charge in [0.1, 0.15) is 17.1 Å². The SMILES string of the molecule is CCCOc1cccc(OCC(=O)Nc2ccc([N+](=O)[O-])c(C(F)(F)F)c2)c1. The highest BCUT2D eigenvalue weighted by atomic mass is 19.4. The summed E-state index contributed by atoms with van der Waals surface area (Å²) in [5.41, 5.74) is -2.77. The Bertz CT molecular complexity index is 855. The number of nitro groups is 1. The van der Waals surface area contributed by atoms with Crippen LogP contribution in [0, 0.1) is 10.1 Å². The summed E-state index contributed by atoms with van der Waals surface area (Å²) in [4.78, 5) is 21.5. The highest BCUT2D eigenvalue weighted by molar-refractivity contribution is 5.92. The number of carbonyl (C=O) groups is 1. The first kappa shape index (κ1) is 21.0. The Labute approximate surface area is 158 Å². The molecule has 0 spiro atoms. The van der Waals surface area contributed by atoms with Gasteiger partial charge >= 0.3 is 6.18 Å². The third-order valence-corrected chi connectivity index (χ3v) is 3.43. The molecule has 0 bridgehead atoms. The lowest BCUT2D eigenvalue weighted by atomic mass is 10.1. The number of nitro benzene ring substituents is 1. The molecular formula is C18H17F3N2O5. The van der Waals surface area contributed by atoms with Crippen LogP contribution in [0.1, 0.15) is 18.9 Å². The van der Waals surface area contributed by atoms with E-state index in [0.29, 0.717) is 30.2 Å². The number of alkyl halides is 3. The van der Waals surface area contributed by atoms with Gasteiger partial charge in [0.25, 0.3) is 11.6 Å². The molecule has 0 atom stereocenters. The fraction of sp³-hybridized carbons (Fsp3) is 0.278. The van der Waals surface area contributed by atoms with Crippen LogP contribution in [0.5, 0.6) is 11.5 Å². The molecule has 0 aliphatic heterocycles. The van der Waals surface area contributed by atoms with Gasteiger partial charge < -0.3 is 14.8 Å². The summed E-state index contributed by atoms with van der Waals surface area (Å²) in [5.74, 6) is 0.190. The number of carbonyl (C=O) groups excluding carboxylic acids is 1. The second-order valence-electron chi connectivity index (χ2n) is 5.65. The van der Waals surface area contributed by atoms with Gasteiger partial charge in [-0.1, -0.05) is 13.0 Å². The molecule has 10 heteroatoms. The summed E-state index contributed by atoms with van der Waals surface area (Å²) >= 11 is 0. The number of halogens is 3. The van der Waals surface area contributed by atoms with Crippen LogP contribution in [0.15, 0.2) is 42.5 Å². The number of nitrogens with zero attached hydrogens (tertiary/aromatic N) is 1. The Balaban J connectivity index is 2.02. The third kappa shape index (κ3) is 5.86. The maximum Gasteiger partial charge on any atom is 0.423 e. The van der Waals surface area contributed by atoms with Crippen LogP contribution in [0.4, 0.5) is 24.5 Å². The number of anilines is 1. The largest absolute Gasteiger partial charge is 0.493 e. The minimum Gasteiger partial charge on any atom is -0.493 e. The highest BCUT2D eigenvalue weighted by Crippen LogP contribution is 2.37. The van der Waals surface area contributed by atoms with E-state index in [9.17, 15) is 28.1 Å². The number of benzene rings is 2. The summed E-state index contributed by atoms with van der Waals surface area (Å²) in [5, 5.41) is 13.0. The van der Waals surface area contributed by atoms with E-state index in [-0.39, 0.29) is 5.69 Å². The molecular weight excluding hydrogens is 381 g/mol. The van der Waals surface area contributed by atoms with Gasteiger partial charge in [-0.15, -0.1) is 0 Å². The van der Waals surface area contributed by atoms with Crippen LogP contribution in [0.25, 0.3) is 0 Å². The molecule has 2 aromatic carbocycles. The van der Waals surface area contributed by atoms with Crippen LogP contribution >= 0.6 is 0 Å². The predicted octanol–water partition coefficient (Wildman–Crippen LogP) is 4.42. The van der Waals surface area contributed by atoms with Crippen LogP contribution in [-0.2, 0) is 11.0 Å². The van der Waals surface area contributed by atoms with Gasteiger partial charge in [-0.25, -0.2) is 0 Å². The quantitative estimate of drug-likeness (QED) is 0.525. The lowest BCUT2D eigenvalue weighted by Gasteiger charge is -2.11.